The van der Waals surface area contributed by atoms with Gasteiger partial charge in [-0.05, 0) is 62.1 Å². The number of para-hydroxylation sites is 2. The number of nitrogens with zero attached hydrogens (tertiary/aromatic N) is 2. The van der Waals surface area contributed by atoms with Crippen LogP contribution in [0.3, 0.4) is 0 Å². The number of hydrogen-bond acceptors (Lipinski definition) is 3. The van der Waals surface area contributed by atoms with Crippen molar-refractivity contribution in [1.29, 1.82) is 0 Å². The first-order valence-corrected chi connectivity index (χ1v) is 11.6. The van der Waals surface area contributed by atoms with Crippen molar-refractivity contribution in [3.63, 3.8) is 0 Å². The van der Waals surface area contributed by atoms with Crippen molar-refractivity contribution in [2.75, 3.05) is 13.1 Å². The van der Waals surface area contributed by atoms with Crippen molar-refractivity contribution in [3.05, 3.63) is 105 Å². The lowest BCUT2D eigenvalue weighted by Gasteiger charge is -2.33. The van der Waals surface area contributed by atoms with Crippen LogP contribution in [-0.2, 0) is 0 Å². The number of aromatic nitrogens is 2. The van der Waals surface area contributed by atoms with E-state index in [0.717, 1.165) is 22.2 Å². The predicted octanol–water partition coefficient (Wildman–Crippen LogP) is 4.65. The number of hydrogen-bond donors (Lipinski definition) is 1. The highest BCUT2D eigenvalue weighted by molar-refractivity contribution is 6.15. The van der Waals surface area contributed by atoms with E-state index < -0.39 is 0 Å². The van der Waals surface area contributed by atoms with Gasteiger partial charge in [0.25, 0.3) is 5.91 Å². The Morgan fingerprint density at radius 2 is 1.53 bits per heavy atom. The molecule has 0 unspecified atom stereocenters. The molecule has 1 amide bonds. The lowest BCUT2D eigenvalue weighted by Crippen LogP contribution is -2.41. The second-order valence-electron chi connectivity index (χ2n) is 9.01. The highest BCUT2D eigenvalue weighted by Crippen LogP contribution is 2.27. The van der Waals surface area contributed by atoms with E-state index in [2.05, 4.69) is 4.98 Å². The smallest absolute Gasteiger partial charge is 0.326 e. The molecule has 1 fully saturated rings. The molecule has 5 rings (SSSR count). The highest BCUT2D eigenvalue weighted by atomic mass is 16.2. The van der Waals surface area contributed by atoms with E-state index in [-0.39, 0.29) is 23.4 Å². The average molecular weight is 454 g/mol. The van der Waals surface area contributed by atoms with Crippen molar-refractivity contribution >= 4 is 22.7 Å². The quantitative estimate of drug-likeness (QED) is 0.457. The van der Waals surface area contributed by atoms with Gasteiger partial charge in [-0.15, -0.1) is 0 Å². The fourth-order valence-corrected chi connectivity index (χ4v) is 4.84. The van der Waals surface area contributed by atoms with Crippen LogP contribution in [0, 0.1) is 13.8 Å². The molecule has 1 aromatic heterocycles. The molecule has 1 aliphatic rings. The first kappa shape index (κ1) is 21.9. The van der Waals surface area contributed by atoms with E-state index >= 15 is 0 Å². The van der Waals surface area contributed by atoms with Crippen LogP contribution < -0.4 is 5.69 Å². The number of amides is 1. The van der Waals surface area contributed by atoms with Crippen molar-refractivity contribution < 1.29 is 9.59 Å². The number of imidazole rings is 1. The number of ketones is 1. The minimum absolute atomic E-state index is 0.0279. The van der Waals surface area contributed by atoms with Crippen molar-refractivity contribution in [2.24, 2.45) is 0 Å². The van der Waals surface area contributed by atoms with Crippen molar-refractivity contribution in [2.45, 2.75) is 32.7 Å². The molecule has 0 bridgehead atoms. The number of H-pyrrole nitrogens is 1. The fourth-order valence-electron chi connectivity index (χ4n) is 4.84. The molecular formula is C28H27N3O3. The summed E-state index contributed by atoms with van der Waals surface area (Å²) in [6.45, 7) is 5.05. The van der Waals surface area contributed by atoms with Gasteiger partial charge in [-0.3, -0.25) is 14.2 Å². The number of carbonyl (C=O) groups is 2. The number of fused-ring (bicyclic) bond motifs is 1. The first-order valence-electron chi connectivity index (χ1n) is 11.6. The molecule has 0 radical (unpaired) electrons. The SMILES string of the molecule is Cc1ccc(C(=O)c2ccccc2C(=O)N2CCC(n3c(=O)[nH]c4ccccc43)CC2)cc1C. The summed E-state index contributed by atoms with van der Waals surface area (Å²) in [5.74, 6) is -0.287. The molecule has 0 aliphatic carbocycles. The molecular weight excluding hydrogens is 426 g/mol. The van der Waals surface area contributed by atoms with E-state index in [1.54, 1.807) is 29.2 Å². The molecule has 0 atom stereocenters. The molecule has 1 aliphatic heterocycles. The summed E-state index contributed by atoms with van der Waals surface area (Å²) in [4.78, 5) is 44.0. The Balaban J connectivity index is 1.36. The van der Waals surface area contributed by atoms with Crippen LogP contribution in [0.5, 0.6) is 0 Å². The highest BCUT2D eigenvalue weighted by Gasteiger charge is 2.28. The zero-order chi connectivity index (χ0) is 23.8. The molecule has 6 nitrogen and oxygen atoms in total. The Morgan fingerprint density at radius 3 is 2.26 bits per heavy atom. The van der Waals surface area contributed by atoms with Gasteiger partial charge in [-0.2, -0.15) is 0 Å². The van der Waals surface area contributed by atoms with Crippen molar-refractivity contribution in [3.8, 4) is 0 Å². The Hall–Kier alpha value is -3.93. The van der Waals surface area contributed by atoms with Gasteiger partial charge in [0.15, 0.2) is 5.78 Å². The molecule has 6 heteroatoms. The largest absolute Gasteiger partial charge is 0.338 e. The molecule has 34 heavy (non-hydrogen) atoms. The van der Waals surface area contributed by atoms with Gasteiger partial charge in [0.05, 0.1) is 16.6 Å². The zero-order valence-electron chi connectivity index (χ0n) is 19.4. The standard InChI is InChI=1S/C28H27N3O3/c1-18-11-12-20(17-19(18)2)26(32)22-7-3-4-8-23(22)27(33)30-15-13-21(14-16-30)31-25-10-6-5-9-24(25)29-28(31)34/h3-12,17,21H,13-16H2,1-2H3,(H,29,34). The zero-order valence-corrected chi connectivity index (χ0v) is 19.4. The normalized spacial score (nSPS) is 14.5. The summed E-state index contributed by atoms with van der Waals surface area (Å²) < 4.78 is 1.81. The predicted molar refractivity (Wildman–Crippen MR) is 133 cm³/mol. The molecule has 2 heterocycles. The number of nitrogens with one attached hydrogen (secondary N) is 1. The van der Waals surface area contributed by atoms with Crippen LogP contribution in [0.25, 0.3) is 11.0 Å². The number of aromatic amines is 1. The van der Waals surface area contributed by atoms with E-state index in [0.29, 0.717) is 42.6 Å². The Bertz CT molecular complexity index is 1460. The van der Waals surface area contributed by atoms with Gasteiger partial charge in [0, 0.05) is 30.3 Å². The van der Waals surface area contributed by atoms with Crippen LogP contribution in [0.1, 0.15) is 56.3 Å². The Kier molecular flexibility index (Phi) is 5.65. The third-order valence-corrected chi connectivity index (χ3v) is 6.91. The van der Waals surface area contributed by atoms with Crippen molar-refractivity contribution in [1.82, 2.24) is 14.5 Å². The number of rotatable bonds is 4. The fraction of sp³-hybridized carbons (Fsp3) is 0.250. The summed E-state index contributed by atoms with van der Waals surface area (Å²) in [5.41, 5.74) is 5.20. The van der Waals surface area contributed by atoms with E-state index in [4.69, 9.17) is 0 Å². The summed E-state index contributed by atoms with van der Waals surface area (Å²) in [7, 11) is 0. The van der Waals surface area contributed by atoms with Crippen LogP contribution >= 0.6 is 0 Å². The maximum Gasteiger partial charge on any atom is 0.326 e. The average Bonchev–Trinajstić information content (AvgIpc) is 3.20. The molecule has 1 saturated heterocycles. The van der Waals surface area contributed by atoms with E-state index in [1.165, 1.54) is 0 Å². The maximum atomic E-state index is 13.4. The third kappa shape index (κ3) is 3.85. The number of aryl methyl sites for hydroxylation is 2. The minimum Gasteiger partial charge on any atom is -0.338 e. The molecule has 0 saturated carbocycles. The molecule has 3 aromatic carbocycles. The van der Waals surface area contributed by atoms with E-state index in [1.807, 2.05) is 60.9 Å². The second kappa shape index (κ2) is 8.78. The van der Waals surface area contributed by atoms with Crippen LogP contribution in [0.2, 0.25) is 0 Å². The summed E-state index contributed by atoms with van der Waals surface area (Å²) in [6, 6.07) is 20.4. The number of piperidine rings is 1. The lowest BCUT2D eigenvalue weighted by molar-refractivity contribution is 0.0691. The van der Waals surface area contributed by atoms with E-state index in [9.17, 15) is 14.4 Å². The topological polar surface area (TPSA) is 75.2 Å². The van der Waals surface area contributed by atoms with Crippen LogP contribution in [0.4, 0.5) is 0 Å². The Morgan fingerprint density at radius 1 is 0.853 bits per heavy atom. The number of likely N-dealkylation sites (tertiary alicyclic amines) is 1. The first-order chi connectivity index (χ1) is 16.4. The molecule has 172 valence electrons. The van der Waals surface area contributed by atoms with Gasteiger partial charge in [-0.1, -0.05) is 42.5 Å². The van der Waals surface area contributed by atoms with Gasteiger partial charge in [0.1, 0.15) is 0 Å². The Labute approximate surface area is 197 Å². The third-order valence-electron chi connectivity index (χ3n) is 6.91. The molecule has 1 N–H and O–H groups in total. The lowest BCUT2D eigenvalue weighted by atomic mass is 9.95. The van der Waals surface area contributed by atoms with Gasteiger partial charge >= 0.3 is 5.69 Å². The minimum atomic E-state index is -0.146. The van der Waals surface area contributed by atoms with Gasteiger partial charge in [-0.25, -0.2) is 4.79 Å². The van der Waals surface area contributed by atoms with Gasteiger partial charge in [0.2, 0.25) is 0 Å². The summed E-state index contributed by atoms with van der Waals surface area (Å²) in [6.07, 6.45) is 1.36. The van der Waals surface area contributed by atoms with Crippen LogP contribution in [-0.4, -0.2) is 39.2 Å². The molecule has 0 spiro atoms. The molecule has 4 aromatic rings. The number of benzene rings is 3. The monoisotopic (exact) mass is 453 g/mol. The second-order valence-corrected chi connectivity index (χ2v) is 9.01. The van der Waals surface area contributed by atoms with Crippen LogP contribution in [0.15, 0.2) is 71.5 Å². The summed E-state index contributed by atoms with van der Waals surface area (Å²) >= 11 is 0. The number of carbonyl (C=O) groups excluding carboxylic acids is 2. The summed E-state index contributed by atoms with van der Waals surface area (Å²) in [5, 5.41) is 0. The maximum absolute atomic E-state index is 13.4. The van der Waals surface area contributed by atoms with Gasteiger partial charge < -0.3 is 9.88 Å².